The second-order valence-corrected chi connectivity index (χ2v) is 7.71. The van der Waals surface area contributed by atoms with Gasteiger partial charge in [-0.3, -0.25) is 5.10 Å². The van der Waals surface area contributed by atoms with Crippen LogP contribution in [0.2, 0.25) is 0 Å². The maximum Gasteiger partial charge on any atom is 0.323 e. The fourth-order valence-corrected chi connectivity index (χ4v) is 3.39. The number of H-pyrrole nitrogens is 1. The van der Waals surface area contributed by atoms with Crippen molar-refractivity contribution in [1.82, 2.24) is 20.2 Å². The summed E-state index contributed by atoms with van der Waals surface area (Å²) in [4.78, 5) is 21.2. The van der Waals surface area contributed by atoms with E-state index in [2.05, 4.69) is 41.4 Å². The molecule has 0 spiro atoms. The van der Waals surface area contributed by atoms with Crippen LogP contribution in [0.15, 0.2) is 85.2 Å². The molecule has 0 saturated heterocycles. The third kappa shape index (κ3) is 5.10. The standard InChI is InChI=1S/C25H22N8O/c1-16-5-8-18(9-6-16)30-25(34)31-20-4-2-3-19(13-20)29-24-26-12-11-23(32-24)28-21-10-7-17-15-27-33-22(17)14-21/h2-15H,1H3,(H,27,33)(H2,30,31,34)(H2,26,28,29,32). The van der Waals surface area contributed by atoms with E-state index >= 15 is 0 Å². The molecule has 2 aromatic heterocycles. The molecule has 5 N–H and O–H groups in total. The van der Waals surface area contributed by atoms with Crippen LogP contribution in [0.5, 0.6) is 0 Å². The molecule has 34 heavy (non-hydrogen) atoms. The molecular weight excluding hydrogens is 428 g/mol. The van der Waals surface area contributed by atoms with Crippen molar-refractivity contribution >= 4 is 51.4 Å². The third-order valence-electron chi connectivity index (χ3n) is 5.06. The summed E-state index contributed by atoms with van der Waals surface area (Å²) in [6.45, 7) is 2.00. The van der Waals surface area contributed by atoms with Gasteiger partial charge in [0.15, 0.2) is 0 Å². The Bertz CT molecular complexity index is 1450. The summed E-state index contributed by atoms with van der Waals surface area (Å²) >= 11 is 0. The van der Waals surface area contributed by atoms with Gasteiger partial charge in [-0.15, -0.1) is 0 Å². The lowest BCUT2D eigenvalue weighted by molar-refractivity contribution is 0.262. The molecule has 2 heterocycles. The lowest BCUT2D eigenvalue weighted by atomic mass is 10.2. The second kappa shape index (κ2) is 9.29. The van der Waals surface area contributed by atoms with E-state index < -0.39 is 0 Å². The number of nitrogens with one attached hydrogen (secondary N) is 5. The lowest BCUT2D eigenvalue weighted by Crippen LogP contribution is -2.19. The normalized spacial score (nSPS) is 10.6. The number of aromatic amines is 1. The molecule has 168 valence electrons. The maximum absolute atomic E-state index is 12.3. The van der Waals surface area contributed by atoms with Crippen molar-refractivity contribution in [3.63, 3.8) is 0 Å². The number of hydrogen-bond acceptors (Lipinski definition) is 6. The molecule has 0 aliphatic carbocycles. The number of carbonyl (C=O) groups excluding carboxylic acids is 1. The fraction of sp³-hybridized carbons (Fsp3) is 0.0400. The predicted octanol–water partition coefficient (Wildman–Crippen LogP) is 5.79. The maximum atomic E-state index is 12.3. The zero-order valence-corrected chi connectivity index (χ0v) is 18.3. The summed E-state index contributed by atoms with van der Waals surface area (Å²) in [6, 6.07) is 22.3. The molecule has 0 saturated carbocycles. The van der Waals surface area contributed by atoms with Crippen molar-refractivity contribution in [3.05, 3.63) is 90.8 Å². The molecular formula is C25H22N8O. The molecule has 5 rings (SSSR count). The number of aromatic nitrogens is 4. The van der Waals surface area contributed by atoms with Gasteiger partial charge in [-0.25, -0.2) is 9.78 Å². The van der Waals surface area contributed by atoms with Crippen LogP contribution in [0.1, 0.15) is 5.56 Å². The first kappa shape index (κ1) is 21.0. The predicted molar refractivity (Wildman–Crippen MR) is 135 cm³/mol. The summed E-state index contributed by atoms with van der Waals surface area (Å²) in [5.41, 5.74) is 5.05. The molecule has 0 aliphatic rings. The van der Waals surface area contributed by atoms with Crippen molar-refractivity contribution in [2.45, 2.75) is 6.92 Å². The van der Waals surface area contributed by atoms with Crippen LogP contribution in [0.25, 0.3) is 10.9 Å². The number of benzene rings is 3. The molecule has 0 fully saturated rings. The molecule has 0 radical (unpaired) electrons. The smallest absolute Gasteiger partial charge is 0.323 e. The van der Waals surface area contributed by atoms with Crippen LogP contribution >= 0.6 is 0 Å². The molecule has 2 amide bonds. The Morgan fingerprint density at radius 2 is 1.59 bits per heavy atom. The highest BCUT2D eigenvalue weighted by molar-refractivity contribution is 6.00. The highest BCUT2D eigenvalue weighted by Crippen LogP contribution is 2.22. The Morgan fingerprint density at radius 1 is 0.824 bits per heavy atom. The average Bonchev–Trinajstić information content (AvgIpc) is 3.29. The number of anilines is 6. The number of urea groups is 1. The first-order valence-corrected chi connectivity index (χ1v) is 10.7. The van der Waals surface area contributed by atoms with Crippen molar-refractivity contribution in [1.29, 1.82) is 0 Å². The van der Waals surface area contributed by atoms with Crippen LogP contribution < -0.4 is 21.3 Å². The second-order valence-electron chi connectivity index (χ2n) is 7.71. The fourth-order valence-electron chi connectivity index (χ4n) is 3.39. The third-order valence-corrected chi connectivity index (χ3v) is 5.06. The van der Waals surface area contributed by atoms with E-state index in [0.717, 1.165) is 33.5 Å². The summed E-state index contributed by atoms with van der Waals surface area (Å²) in [7, 11) is 0. The summed E-state index contributed by atoms with van der Waals surface area (Å²) in [5, 5.41) is 20.1. The Labute approximate surface area is 195 Å². The molecule has 9 heteroatoms. The SMILES string of the molecule is Cc1ccc(NC(=O)Nc2cccc(Nc3nccc(Nc4ccc5cn[nH]c5c4)n3)c2)cc1. The summed E-state index contributed by atoms with van der Waals surface area (Å²) < 4.78 is 0. The Hall–Kier alpha value is -4.92. The largest absolute Gasteiger partial charge is 0.340 e. The van der Waals surface area contributed by atoms with Gasteiger partial charge in [-0.05, 0) is 61.5 Å². The van der Waals surface area contributed by atoms with Gasteiger partial charge in [0, 0.05) is 34.3 Å². The molecule has 0 unspecified atom stereocenters. The van der Waals surface area contributed by atoms with Crippen LogP contribution in [0, 0.1) is 6.92 Å². The molecule has 3 aromatic carbocycles. The van der Waals surface area contributed by atoms with E-state index in [1.165, 1.54) is 0 Å². The van der Waals surface area contributed by atoms with Crippen LogP contribution in [0.3, 0.4) is 0 Å². The Morgan fingerprint density at radius 3 is 2.47 bits per heavy atom. The minimum Gasteiger partial charge on any atom is -0.340 e. The van der Waals surface area contributed by atoms with Gasteiger partial charge in [-0.2, -0.15) is 10.1 Å². The Balaban J connectivity index is 1.24. The van der Waals surface area contributed by atoms with Gasteiger partial charge < -0.3 is 21.3 Å². The van der Waals surface area contributed by atoms with E-state index in [-0.39, 0.29) is 6.03 Å². The van der Waals surface area contributed by atoms with Crippen molar-refractivity contribution in [3.8, 4) is 0 Å². The van der Waals surface area contributed by atoms with Gasteiger partial charge >= 0.3 is 6.03 Å². The number of hydrogen-bond donors (Lipinski definition) is 5. The quantitative estimate of drug-likeness (QED) is 0.223. The number of amides is 2. The zero-order valence-electron chi connectivity index (χ0n) is 18.3. The summed E-state index contributed by atoms with van der Waals surface area (Å²) in [5.74, 6) is 1.07. The van der Waals surface area contributed by atoms with Crippen LogP contribution in [-0.2, 0) is 0 Å². The van der Waals surface area contributed by atoms with E-state index in [1.54, 1.807) is 18.5 Å². The molecule has 5 aromatic rings. The first-order chi connectivity index (χ1) is 16.6. The number of aryl methyl sites for hydroxylation is 1. The van der Waals surface area contributed by atoms with E-state index in [0.29, 0.717) is 17.5 Å². The number of nitrogens with zero attached hydrogens (tertiary/aromatic N) is 3. The van der Waals surface area contributed by atoms with Gasteiger partial charge in [-0.1, -0.05) is 23.8 Å². The number of rotatable bonds is 6. The van der Waals surface area contributed by atoms with E-state index in [4.69, 9.17) is 0 Å². The lowest BCUT2D eigenvalue weighted by Gasteiger charge is -2.11. The van der Waals surface area contributed by atoms with Crippen molar-refractivity contribution < 1.29 is 4.79 Å². The minimum atomic E-state index is -0.322. The van der Waals surface area contributed by atoms with Crippen LogP contribution in [-0.4, -0.2) is 26.2 Å². The van der Waals surface area contributed by atoms with Gasteiger partial charge in [0.1, 0.15) is 5.82 Å². The topological polar surface area (TPSA) is 120 Å². The van der Waals surface area contributed by atoms with Crippen molar-refractivity contribution in [2.24, 2.45) is 0 Å². The average molecular weight is 451 g/mol. The zero-order chi connectivity index (χ0) is 23.3. The monoisotopic (exact) mass is 450 g/mol. The minimum absolute atomic E-state index is 0.322. The summed E-state index contributed by atoms with van der Waals surface area (Å²) in [6.07, 6.45) is 3.45. The number of carbonyl (C=O) groups is 1. The van der Waals surface area contributed by atoms with Gasteiger partial charge in [0.2, 0.25) is 5.95 Å². The van der Waals surface area contributed by atoms with Gasteiger partial charge in [0.25, 0.3) is 0 Å². The molecule has 0 bridgehead atoms. The first-order valence-electron chi connectivity index (χ1n) is 10.7. The molecule has 9 nitrogen and oxygen atoms in total. The van der Waals surface area contributed by atoms with E-state index in [1.807, 2.05) is 73.7 Å². The van der Waals surface area contributed by atoms with E-state index in [9.17, 15) is 4.79 Å². The molecule has 0 aliphatic heterocycles. The highest BCUT2D eigenvalue weighted by Gasteiger charge is 2.06. The van der Waals surface area contributed by atoms with Crippen LogP contribution in [0.4, 0.5) is 39.3 Å². The van der Waals surface area contributed by atoms with Crippen molar-refractivity contribution in [2.75, 3.05) is 21.3 Å². The Kier molecular flexibility index (Phi) is 5.73. The molecule has 0 atom stereocenters. The van der Waals surface area contributed by atoms with Gasteiger partial charge in [0.05, 0.1) is 11.7 Å². The highest BCUT2D eigenvalue weighted by atomic mass is 16.2. The number of fused-ring (bicyclic) bond motifs is 1.